The Morgan fingerprint density at radius 3 is 2.67 bits per heavy atom. The van der Waals surface area contributed by atoms with Crippen LogP contribution in [0.5, 0.6) is 0 Å². The van der Waals surface area contributed by atoms with Gasteiger partial charge in [0, 0.05) is 5.69 Å². The van der Waals surface area contributed by atoms with Gasteiger partial charge in [0.2, 0.25) is 0 Å². The van der Waals surface area contributed by atoms with Crippen LogP contribution in [0.25, 0.3) is 0 Å². The largest absolute Gasteiger partial charge is 0.469 e. The molecule has 0 saturated heterocycles. The Morgan fingerprint density at radius 1 is 1.44 bits per heavy atom. The standard InChI is InChI=1S/C15H21NO2/c1-3-10(11-4-6-13(16)7-5-11)8-12-9-14(12)15(17)18-2/h4-7,10,12,14H,3,8-9,16H2,1-2H3. The summed E-state index contributed by atoms with van der Waals surface area (Å²) in [5.41, 5.74) is 7.82. The number of hydrogen-bond donors (Lipinski definition) is 1. The van der Waals surface area contributed by atoms with Crippen molar-refractivity contribution in [3.05, 3.63) is 29.8 Å². The minimum Gasteiger partial charge on any atom is -0.469 e. The minimum atomic E-state index is -0.0489. The quantitative estimate of drug-likeness (QED) is 0.643. The molecule has 0 amide bonds. The van der Waals surface area contributed by atoms with Crippen LogP contribution >= 0.6 is 0 Å². The molecule has 98 valence electrons. The third-order valence-electron chi connectivity index (χ3n) is 3.91. The van der Waals surface area contributed by atoms with Crippen molar-refractivity contribution in [1.29, 1.82) is 0 Å². The summed E-state index contributed by atoms with van der Waals surface area (Å²) in [7, 11) is 1.47. The predicted molar refractivity (Wildman–Crippen MR) is 72.1 cm³/mol. The number of carbonyl (C=O) groups excluding carboxylic acids is 1. The molecule has 2 rings (SSSR count). The lowest BCUT2D eigenvalue weighted by Gasteiger charge is -2.15. The summed E-state index contributed by atoms with van der Waals surface area (Å²) in [5.74, 6) is 1.11. The lowest BCUT2D eigenvalue weighted by Crippen LogP contribution is -2.06. The van der Waals surface area contributed by atoms with Crippen molar-refractivity contribution in [2.45, 2.75) is 32.1 Å². The molecule has 0 heterocycles. The summed E-state index contributed by atoms with van der Waals surface area (Å²) in [4.78, 5) is 11.4. The molecule has 3 heteroatoms. The molecular weight excluding hydrogens is 226 g/mol. The van der Waals surface area contributed by atoms with E-state index in [-0.39, 0.29) is 11.9 Å². The van der Waals surface area contributed by atoms with Gasteiger partial charge in [0.1, 0.15) is 0 Å². The highest BCUT2D eigenvalue weighted by molar-refractivity contribution is 5.75. The predicted octanol–water partition coefficient (Wildman–Crippen LogP) is 2.96. The van der Waals surface area contributed by atoms with E-state index in [0.29, 0.717) is 11.8 Å². The SMILES string of the molecule is CCC(CC1CC1C(=O)OC)c1ccc(N)cc1. The second-order valence-corrected chi connectivity index (χ2v) is 5.13. The van der Waals surface area contributed by atoms with E-state index in [0.717, 1.165) is 24.9 Å². The lowest BCUT2D eigenvalue weighted by molar-refractivity contribution is -0.142. The second-order valence-electron chi connectivity index (χ2n) is 5.13. The molecule has 0 aromatic heterocycles. The fourth-order valence-corrected chi connectivity index (χ4v) is 2.62. The van der Waals surface area contributed by atoms with Gasteiger partial charge in [-0.2, -0.15) is 0 Å². The molecule has 1 saturated carbocycles. The summed E-state index contributed by atoms with van der Waals surface area (Å²) < 4.78 is 4.79. The highest BCUT2D eigenvalue weighted by atomic mass is 16.5. The molecule has 18 heavy (non-hydrogen) atoms. The monoisotopic (exact) mass is 247 g/mol. The first-order valence-corrected chi connectivity index (χ1v) is 6.59. The van der Waals surface area contributed by atoms with Crippen molar-refractivity contribution in [2.75, 3.05) is 12.8 Å². The fourth-order valence-electron chi connectivity index (χ4n) is 2.62. The number of methoxy groups -OCH3 is 1. The third-order valence-corrected chi connectivity index (χ3v) is 3.91. The highest BCUT2D eigenvalue weighted by Gasteiger charge is 2.44. The molecule has 3 unspecified atom stereocenters. The fraction of sp³-hybridized carbons (Fsp3) is 0.533. The molecule has 3 atom stereocenters. The van der Waals surface area contributed by atoms with Gasteiger partial charge in [-0.25, -0.2) is 0 Å². The molecule has 2 N–H and O–H groups in total. The summed E-state index contributed by atoms with van der Waals surface area (Å²) in [5, 5.41) is 0. The summed E-state index contributed by atoms with van der Waals surface area (Å²) in [6.07, 6.45) is 3.15. The maximum atomic E-state index is 11.4. The van der Waals surface area contributed by atoms with Crippen molar-refractivity contribution < 1.29 is 9.53 Å². The molecule has 0 bridgehead atoms. The number of anilines is 1. The van der Waals surface area contributed by atoms with Gasteiger partial charge in [0.15, 0.2) is 0 Å². The van der Waals surface area contributed by atoms with Crippen molar-refractivity contribution in [3.8, 4) is 0 Å². The van der Waals surface area contributed by atoms with E-state index < -0.39 is 0 Å². The Bertz CT molecular complexity index is 413. The zero-order valence-electron chi connectivity index (χ0n) is 11.1. The Hall–Kier alpha value is -1.51. The van der Waals surface area contributed by atoms with Crippen LogP contribution in [-0.2, 0) is 9.53 Å². The Balaban J connectivity index is 1.95. The number of nitrogen functional groups attached to an aromatic ring is 1. The molecule has 1 aromatic carbocycles. The molecule has 1 aliphatic rings. The van der Waals surface area contributed by atoms with Gasteiger partial charge >= 0.3 is 5.97 Å². The van der Waals surface area contributed by atoms with Crippen LogP contribution in [0.1, 0.15) is 37.7 Å². The van der Waals surface area contributed by atoms with E-state index in [1.165, 1.54) is 12.7 Å². The number of hydrogen-bond acceptors (Lipinski definition) is 3. The number of esters is 1. The normalized spacial score (nSPS) is 23.4. The summed E-state index contributed by atoms with van der Waals surface area (Å²) in [6, 6.07) is 8.09. The Kier molecular flexibility index (Phi) is 3.90. The molecule has 3 nitrogen and oxygen atoms in total. The lowest BCUT2D eigenvalue weighted by atomic mass is 9.90. The van der Waals surface area contributed by atoms with Gasteiger partial charge in [-0.15, -0.1) is 0 Å². The van der Waals surface area contributed by atoms with E-state index in [1.54, 1.807) is 0 Å². The van der Waals surface area contributed by atoms with Crippen LogP contribution in [0.3, 0.4) is 0 Å². The summed E-state index contributed by atoms with van der Waals surface area (Å²) in [6.45, 7) is 2.19. The first-order valence-electron chi connectivity index (χ1n) is 6.59. The zero-order valence-corrected chi connectivity index (χ0v) is 11.1. The summed E-state index contributed by atoms with van der Waals surface area (Å²) >= 11 is 0. The van der Waals surface area contributed by atoms with Crippen LogP contribution in [0, 0.1) is 11.8 Å². The van der Waals surface area contributed by atoms with E-state index in [4.69, 9.17) is 10.5 Å². The van der Waals surface area contributed by atoms with Crippen molar-refractivity contribution in [3.63, 3.8) is 0 Å². The van der Waals surface area contributed by atoms with Crippen LogP contribution in [0.2, 0.25) is 0 Å². The van der Waals surface area contributed by atoms with E-state index in [2.05, 4.69) is 19.1 Å². The molecule has 0 aliphatic heterocycles. The molecule has 1 aromatic rings. The molecule has 0 spiro atoms. The number of rotatable bonds is 5. The molecule has 0 radical (unpaired) electrons. The number of nitrogens with two attached hydrogens (primary N) is 1. The average Bonchev–Trinajstić information content (AvgIpc) is 3.15. The van der Waals surface area contributed by atoms with Crippen molar-refractivity contribution in [2.24, 2.45) is 11.8 Å². The zero-order chi connectivity index (χ0) is 13.1. The molecule has 1 aliphatic carbocycles. The first kappa shape index (κ1) is 12.9. The molecular formula is C15H21NO2. The molecule has 1 fully saturated rings. The van der Waals surface area contributed by atoms with Crippen LogP contribution < -0.4 is 5.73 Å². The number of ether oxygens (including phenoxy) is 1. The maximum absolute atomic E-state index is 11.4. The van der Waals surface area contributed by atoms with Crippen LogP contribution in [-0.4, -0.2) is 13.1 Å². The van der Waals surface area contributed by atoms with E-state index >= 15 is 0 Å². The van der Waals surface area contributed by atoms with Crippen LogP contribution in [0.4, 0.5) is 5.69 Å². The number of benzene rings is 1. The third kappa shape index (κ3) is 2.84. The van der Waals surface area contributed by atoms with E-state index in [1.807, 2.05) is 12.1 Å². The number of carbonyl (C=O) groups is 1. The van der Waals surface area contributed by atoms with Crippen LogP contribution in [0.15, 0.2) is 24.3 Å². The van der Waals surface area contributed by atoms with Gasteiger partial charge in [-0.05, 0) is 48.8 Å². The topological polar surface area (TPSA) is 52.3 Å². The van der Waals surface area contributed by atoms with Gasteiger partial charge < -0.3 is 10.5 Å². The minimum absolute atomic E-state index is 0.0489. The van der Waals surface area contributed by atoms with Gasteiger partial charge in [-0.3, -0.25) is 4.79 Å². The van der Waals surface area contributed by atoms with Gasteiger partial charge in [0.05, 0.1) is 13.0 Å². The van der Waals surface area contributed by atoms with Crippen molar-refractivity contribution >= 4 is 11.7 Å². The maximum Gasteiger partial charge on any atom is 0.308 e. The van der Waals surface area contributed by atoms with Gasteiger partial charge in [-0.1, -0.05) is 19.1 Å². The Labute approximate surface area is 108 Å². The van der Waals surface area contributed by atoms with Gasteiger partial charge in [0.25, 0.3) is 0 Å². The first-order chi connectivity index (χ1) is 8.65. The van der Waals surface area contributed by atoms with Crippen molar-refractivity contribution in [1.82, 2.24) is 0 Å². The smallest absolute Gasteiger partial charge is 0.308 e. The highest BCUT2D eigenvalue weighted by Crippen LogP contribution is 2.46. The average molecular weight is 247 g/mol. The van der Waals surface area contributed by atoms with E-state index in [9.17, 15) is 4.79 Å². The Morgan fingerprint density at radius 2 is 2.11 bits per heavy atom. The second kappa shape index (κ2) is 5.42.